The van der Waals surface area contributed by atoms with E-state index in [0.717, 1.165) is 70.6 Å². The lowest BCUT2D eigenvalue weighted by molar-refractivity contribution is -0.167. The first-order valence-electron chi connectivity index (χ1n) is 37.1. The van der Waals surface area contributed by atoms with Crippen molar-refractivity contribution in [3.8, 4) is 0 Å². The fourth-order valence-electron chi connectivity index (χ4n) is 11.2. The maximum atomic E-state index is 12.9. The molecule has 0 aromatic rings. The van der Waals surface area contributed by atoms with Crippen molar-refractivity contribution in [3.63, 3.8) is 0 Å². The van der Waals surface area contributed by atoms with Crippen molar-refractivity contribution in [2.75, 3.05) is 13.2 Å². The third kappa shape index (κ3) is 70.0. The Morgan fingerprint density at radius 3 is 0.711 bits per heavy atom. The Morgan fingerprint density at radius 1 is 0.241 bits per heavy atom. The number of carbonyl (C=O) groups excluding carboxylic acids is 3. The molecule has 0 aromatic heterocycles. The molecule has 6 heteroatoms. The van der Waals surface area contributed by atoms with Crippen LogP contribution in [0.4, 0.5) is 0 Å². The molecule has 83 heavy (non-hydrogen) atoms. The molecule has 486 valence electrons. The Morgan fingerprint density at radius 2 is 0.434 bits per heavy atom. The molecule has 1 unspecified atom stereocenters. The highest BCUT2D eigenvalue weighted by Crippen LogP contribution is 2.18. The van der Waals surface area contributed by atoms with Gasteiger partial charge in [0, 0.05) is 19.3 Å². The van der Waals surface area contributed by atoms with Gasteiger partial charge in [0.1, 0.15) is 13.2 Å². The van der Waals surface area contributed by atoms with Crippen molar-refractivity contribution in [1.82, 2.24) is 0 Å². The van der Waals surface area contributed by atoms with Crippen molar-refractivity contribution >= 4 is 17.9 Å². The highest BCUT2D eigenvalue weighted by molar-refractivity contribution is 5.71. The third-order valence-electron chi connectivity index (χ3n) is 16.8. The Hall–Kier alpha value is -2.63. The van der Waals surface area contributed by atoms with Crippen molar-refractivity contribution in [2.45, 2.75) is 412 Å². The standard InChI is InChI=1S/C77H142O6/c1-4-7-10-13-16-19-22-25-27-29-31-32-33-34-35-36-37-38-39-40-41-42-43-44-46-47-49-52-55-58-61-64-67-70-76(79)82-73-74(72-81-75(78)69-66-63-60-57-54-51-24-21-18-15-12-9-6-3)83-77(80)71-68-65-62-59-56-53-50-48-45-30-28-26-23-20-17-14-11-8-5-2/h17,20-21,24,26,28-29,31,74H,4-16,18-19,22-23,25,27,30,32-73H2,1-3H3/b20-17-,24-21-,28-26-,31-29-. The van der Waals surface area contributed by atoms with Crippen LogP contribution in [0.3, 0.4) is 0 Å². The molecule has 0 rings (SSSR count). The molecule has 0 spiro atoms. The number of unbranched alkanes of at least 4 members (excludes halogenated alkanes) is 50. The quantitative estimate of drug-likeness (QED) is 0.0261. The van der Waals surface area contributed by atoms with Crippen LogP contribution in [-0.4, -0.2) is 37.2 Å². The van der Waals surface area contributed by atoms with Crippen LogP contribution >= 0.6 is 0 Å². The van der Waals surface area contributed by atoms with Gasteiger partial charge in [-0.05, 0) is 103 Å². The van der Waals surface area contributed by atoms with Gasteiger partial charge < -0.3 is 14.2 Å². The number of allylic oxidation sites excluding steroid dienone is 8. The molecule has 0 aliphatic heterocycles. The molecule has 0 N–H and O–H groups in total. The zero-order valence-corrected chi connectivity index (χ0v) is 56.0. The summed E-state index contributed by atoms with van der Waals surface area (Å²) in [5.41, 5.74) is 0. The predicted molar refractivity (Wildman–Crippen MR) is 362 cm³/mol. The molecule has 0 saturated heterocycles. The monoisotopic (exact) mass is 1160 g/mol. The maximum Gasteiger partial charge on any atom is 0.306 e. The van der Waals surface area contributed by atoms with E-state index >= 15 is 0 Å². The Bertz CT molecular complexity index is 1430. The Balaban J connectivity index is 4.13. The van der Waals surface area contributed by atoms with Gasteiger partial charge in [0.25, 0.3) is 0 Å². The van der Waals surface area contributed by atoms with Crippen LogP contribution in [0.15, 0.2) is 48.6 Å². The number of hydrogen-bond acceptors (Lipinski definition) is 6. The third-order valence-corrected chi connectivity index (χ3v) is 16.8. The molecule has 0 amide bonds. The summed E-state index contributed by atoms with van der Waals surface area (Å²) in [6.45, 7) is 6.65. The van der Waals surface area contributed by atoms with E-state index in [1.54, 1.807) is 0 Å². The van der Waals surface area contributed by atoms with E-state index in [-0.39, 0.29) is 31.1 Å². The van der Waals surface area contributed by atoms with Crippen LogP contribution in [0.1, 0.15) is 406 Å². The summed E-state index contributed by atoms with van der Waals surface area (Å²) in [6, 6.07) is 0. The summed E-state index contributed by atoms with van der Waals surface area (Å²) in [4.78, 5) is 38.4. The molecule has 0 heterocycles. The molecule has 1 atom stereocenters. The number of carbonyl (C=O) groups is 3. The van der Waals surface area contributed by atoms with Crippen LogP contribution in [0.25, 0.3) is 0 Å². The van der Waals surface area contributed by atoms with E-state index < -0.39 is 6.10 Å². The summed E-state index contributed by atoms with van der Waals surface area (Å²) >= 11 is 0. The fourth-order valence-corrected chi connectivity index (χ4v) is 11.2. The second kappa shape index (κ2) is 71.8. The molecule has 0 saturated carbocycles. The molecule has 0 radical (unpaired) electrons. The normalized spacial score (nSPS) is 12.3. The number of esters is 3. The van der Waals surface area contributed by atoms with Gasteiger partial charge in [-0.1, -0.05) is 333 Å². The van der Waals surface area contributed by atoms with Gasteiger partial charge in [0.15, 0.2) is 6.10 Å². The summed E-state index contributed by atoms with van der Waals surface area (Å²) in [7, 11) is 0. The number of ether oxygens (including phenoxy) is 3. The topological polar surface area (TPSA) is 78.9 Å². The molecule has 6 nitrogen and oxygen atoms in total. The van der Waals surface area contributed by atoms with E-state index in [2.05, 4.69) is 69.4 Å². The molecular formula is C77H142O6. The molecule has 0 bridgehead atoms. The van der Waals surface area contributed by atoms with Crippen LogP contribution in [0, 0.1) is 0 Å². The van der Waals surface area contributed by atoms with Gasteiger partial charge >= 0.3 is 17.9 Å². The summed E-state index contributed by atoms with van der Waals surface area (Å²) in [5.74, 6) is -0.861. The molecule has 0 aromatic carbocycles. The number of hydrogen-bond donors (Lipinski definition) is 0. The van der Waals surface area contributed by atoms with Crippen molar-refractivity contribution in [1.29, 1.82) is 0 Å². The fraction of sp³-hybridized carbons (Fsp3) is 0.857. The minimum Gasteiger partial charge on any atom is -0.462 e. The lowest BCUT2D eigenvalue weighted by atomic mass is 10.0. The average Bonchev–Trinajstić information content (AvgIpc) is 3.49. The molecule has 0 fully saturated rings. The van der Waals surface area contributed by atoms with Gasteiger partial charge in [-0.3, -0.25) is 14.4 Å². The van der Waals surface area contributed by atoms with E-state index in [9.17, 15) is 14.4 Å². The first-order valence-corrected chi connectivity index (χ1v) is 37.1. The Labute approximate surface area is 518 Å². The molecule has 0 aliphatic carbocycles. The van der Waals surface area contributed by atoms with Crippen LogP contribution in [-0.2, 0) is 28.6 Å². The van der Waals surface area contributed by atoms with Gasteiger partial charge in [-0.25, -0.2) is 0 Å². The zero-order valence-electron chi connectivity index (χ0n) is 56.0. The lowest BCUT2D eigenvalue weighted by Crippen LogP contribution is -2.30. The maximum absolute atomic E-state index is 12.9. The number of rotatable bonds is 69. The van der Waals surface area contributed by atoms with Crippen LogP contribution in [0.5, 0.6) is 0 Å². The highest BCUT2D eigenvalue weighted by atomic mass is 16.6. The van der Waals surface area contributed by atoms with E-state index in [4.69, 9.17) is 14.2 Å². The highest BCUT2D eigenvalue weighted by Gasteiger charge is 2.19. The van der Waals surface area contributed by atoms with E-state index in [1.807, 2.05) is 0 Å². The molecule has 0 aliphatic rings. The van der Waals surface area contributed by atoms with Crippen LogP contribution in [0.2, 0.25) is 0 Å². The second-order valence-electron chi connectivity index (χ2n) is 25.2. The van der Waals surface area contributed by atoms with Gasteiger partial charge in [0.2, 0.25) is 0 Å². The van der Waals surface area contributed by atoms with E-state index in [1.165, 1.54) is 295 Å². The van der Waals surface area contributed by atoms with Gasteiger partial charge in [-0.15, -0.1) is 0 Å². The van der Waals surface area contributed by atoms with Crippen molar-refractivity contribution in [2.24, 2.45) is 0 Å². The van der Waals surface area contributed by atoms with Crippen LogP contribution < -0.4 is 0 Å². The summed E-state index contributed by atoms with van der Waals surface area (Å²) in [5, 5.41) is 0. The first kappa shape index (κ1) is 80.4. The van der Waals surface area contributed by atoms with Crippen molar-refractivity contribution in [3.05, 3.63) is 48.6 Å². The minimum absolute atomic E-state index is 0.0732. The predicted octanol–water partition coefficient (Wildman–Crippen LogP) is 25.7. The summed E-state index contributed by atoms with van der Waals surface area (Å²) in [6.07, 6.45) is 91.6. The van der Waals surface area contributed by atoms with E-state index in [0.29, 0.717) is 19.3 Å². The second-order valence-corrected chi connectivity index (χ2v) is 25.2. The minimum atomic E-state index is -0.778. The smallest absolute Gasteiger partial charge is 0.306 e. The largest absolute Gasteiger partial charge is 0.462 e. The summed E-state index contributed by atoms with van der Waals surface area (Å²) < 4.78 is 17.0. The average molecular weight is 1160 g/mol. The zero-order chi connectivity index (χ0) is 59.9. The lowest BCUT2D eigenvalue weighted by Gasteiger charge is -2.18. The molecular weight excluding hydrogens is 1020 g/mol. The SMILES string of the molecule is CCCCC/C=C\C/C=C\CCCCCCCCCCCC(=O)OC(COC(=O)CCCCCCC/C=C\CCCCCC)COC(=O)CCCCCCCCCCCCCCCCCCCCCCC/C=C\CCCCCCCCCC. The Kier molecular flexibility index (Phi) is 69.6. The van der Waals surface area contributed by atoms with Gasteiger partial charge in [-0.2, -0.15) is 0 Å². The first-order chi connectivity index (χ1) is 41.0. The van der Waals surface area contributed by atoms with Crippen molar-refractivity contribution < 1.29 is 28.6 Å². The van der Waals surface area contributed by atoms with Gasteiger partial charge in [0.05, 0.1) is 0 Å².